The molecule has 0 bridgehead atoms. The van der Waals surface area contributed by atoms with E-state index in [0.717, 1.165) is 32.1 Å². The average Bonchev–Trinajstić information content (AvgIpc) is 3.49. The first kappa shape index (κ1) is 52.4. The third kappa shape index (κ3) is 16.4. The molecule has 2 fully saturated rings. The maximum atomic E-state index is 13.2. The average molecular weight is 892 g/mol. The number of hydrogen-bond donors (Lipinski definition) is 4. The predicted octanol–water partition coefficient (Wildman–Crippen LogP) is 10.4. The fourth-order valence-electron chi connectivity index (χ4n) is 8.76. The number of nitrogen functional groups attached to an aromatic ring is 1. The summed E-state index contributed by atoms with van der Waals surface area (Å²) < 4.78 is 43.3. The summed E-state index contributed by atoms with van der Waals surface area (Å²) in [6.45, 7) is 5.47. The molecule has 2 aromatic rings. The molecule has 62 heavy (non-hydrogen) atoms. The molecule has 7 atom stereocenters. The summed E-state index contributed by atoms with van der Waals surface area (Å²) in [5.74, 6) is 0.150. The van der Waals surface area contributed by atoms with Crippen LogP contribution in [0.3, 0.4) is 0 Å². The van der Waals surface area contributed by atoms with E-state index in [9.17, 15) is 24.9 Å². The van der Waals surface area contributed by atoms with Gasteiger partial charge in [0.15, 0.2) is 11.4 Å². The Morgan fingerprint density at radius 3 is 1.74 bits per heavy atom. The highest BCUT2D eigenvalue weighted by Crippen LogP contribution is 2.63. The van der Waals surface area contributed by atoms with Gasteiger partial charge in [0.1, 0.15) is 42.3 Å². The molecule has 1 saturated carbocycles. The maximum Gasteiger partial charge on any atom is 0.472 e. The van der Waals surface area contributed by atoms with E-state index >= 15 is 0 Å². The highest BCUT2D eigenvalue weighted by Gasteiger charge is 2.83. The number of nitriles is 1. The maximum absolute atomic E-state index is 13.2. The number of phosphoric ester groups is 1. The molecule has 4 rings (SSSR count). The summed E-state index contributed by atoms with van der Waals surface area (Å²) in [6.07, 6.45) is 31.5. The SMILES string of the molecule is CCCCCCCCCCCCCCCCOC[C@H](COP(=O)(O)OC1[C@H]2O[C@@](C#N)(c3ccc4c(N)ncnn34)[C@H](O)[C@@]12O)OCCCCCCCCCCCCCCCC. The van der Waals surface area contributed by atoms with Crippen LogP contribution in [0, 0.1) is 11.3 Å². The fraction of sp³-hybridized carbons (Fsp3) is 0.851. The molecular formula is C47H82N5O9P. The van der Waals surface area contributed by atoms with E-state index in [-0.39, 0.29) is 24.7 Å². The molecule has 354 valence electrons. The van der Waals surface area contributed by atoms with Gasteiger partial charge in [0.05, 0.1) is 18.9 Å². The van der Waals surface area contributed by atoms with Crippen LogP contribution in [-0.4, -0.2) is 86.1 Å². The van der Waals surface area contributed by atoms with Gasteiger partial charge >= 0.3 is 7.82 Å². The lowest BCUT2D eigenvalue weighted by molar-refractivity contribution is -0.107. The third-order valence-corrected chi connectivity index (χ3v) is 13.7. The molecule has 1 aliphatic heterocycles. The van der Waals surface area contributed by atoms with Gasteiger partial charge in [-0.1, -0.05) is 181 Å². The molecule has 1 aliphatic carbocycles. The molecule has 0 spiro atoms. The van der Waals surface area contributed by atoms with Gasteiger partial charge in [0, 0.05) is 13.2 Å². The second-order valence-corrected chi connectivity index (χ2v) is 19.3. The van der Waals surface area contributed by atoms with Gasteiger partial charge in [0.25, 0.3) is 0 Å². The highest BCUT2D eigenvalue weighted by atomic mass is 31.2. The molecular weight excluding hydrogens is 810 g/mol. The normalized spacial score (nSPS) is 23.4. The molecule has 0 radical (unpaired) electrons. The van der Waals surface area contributed by atoms with Crippen molar-refractivity contribution < 1.29 is 42.9 Å². The summed E-state index contributed by atoms with van der Waals surface area (Å²) in [4.78, 5) is 14.7. The molecule has 2 aromatic heterocycles. The van der Waals surface area contributed by atoms with E-state index in [0.29, 0.717) is 18.7 Å². The van der Waals surface area contributed by atoms with Crippen LogP contribution in [-0.2, 0) is 33.4 Å². The number of phosphoric acid groups is 1. The molecule has 0 aromatic carbocycles. The van der Waals surface area contributed by atoms with Crippen molar-refractivity contribution in [2.24, 2.45) is 0 Å². The van der Waals surface area contributed by atoms with Crippen LogP contribution >= 0.6 is 7.82 Å². The minimum Gasteiger partial charge on any atom is -0.385 e. The fourth-order valence-corrected chi connectivity index (χ4v) is 9.75. The summed E-state index contributed by atoms with van der Waals surface area (Å²) in [6, 6.07) is 5.02. The van der Waals surface area contributed by atoms with Crippen molar-refractivity contribution in [2.75, 3.05) is 32.2 Å². The summed E-state index contributed by atoms with van der Waals surface area (Å²) in [5.41, 5.74) is 2.24. The van der Waals surface area contributed by atoms with Gasteiger partial charge in [-0.15, -0.1) is 0 Å². The molecule has 15 heteroatoms. The van der Waals surface area contributed by atoms with Crippen LogP contribution in [0.5, 0.6) is 0 Å². The zero-order chi connectivity index (χ0) is 44.5. The van der Waals surface area contributed by atoms with Crippen LogP contribution in [0.25, 0.3) is 5.52 Å². The first-order chi connectivity index (χ1) is 30.1. The lowest BCUT2D eigenvalue weighted by atomic mass is 9.90. The molecule has 2 aliphatic rings. The van der Waals surface area contributed by atoms with Crippen LogP contribution in [0.15, 0.2) is 18.5 Å². The quantitative estimate of drug-likeness (QED) is 0.0365. The van der Waals surface area contributed by atoms with Crippen LogP contribution < -0.4 is 5.73 Å². The summed E-state index contributed by atoms with van der Waals surface area (Å²) in [5, 5.41) is 37.0. The lowest BCUT2D eigenvalue weighted by Gasteiger charge is -2.29. The van der Waals surface area contributed by atoms with E-state index in [1.807, 2.05) is 6.07 Å². The molecule has 1 saturated heterocycles. The zero-order valence-electron chi connectivity index (χ0n) is 38.3. The number of aromatic nitrogens is 3. The largest absolute Gasteiger partial charge is 0.472 e. The van der Waals surface area contributed by atoms with E-state index in [2.05, 4.69) is 23.9 Å². The summed E-state index contributed by atoms with van der Waals surface area (Å²) in [7, 11) is -4.78. The Hall–Kier alpha value is -2.18. The Morgan fingerprint density at radius 1 is 0.790 bits per heavy atom. The molecule has 3 heterocycles. The van der Waals surface area contributed by atoms with Crippen molar-refractivity contribution in [3.8, 4) is 6.07 Å². The first-order valence-electron chi connectivity index (χ1n) is 24.6. The molecule has 14 nitrogen and oxygen atoms in total. The van der Waals surface area contributed by atoms with Crippen molar-refractivity contribution in [1.29, 1.82) is 5.26 Å². The highest BCUT2D eigenvalue weighted by molar-refractivity contribution is 7.47. The number of ether oxygens (including phenoxy) is 3. The van der Waals surface area contributed by atoms with Crippen molar-refractivity contribution >= 4 is 19.2 Å². The number of aliphatic hydroxyl groups is 2. The van der Waals surface area contributed by atoms with E-state index in [4.69, 9.17) is 29.0 Å². The Morgan fingerprint density at radius 2 is 1.27 bits per heavy atom. The first-order valence-corrected chi connectivity index (χ1v) is 26.1. The number of nitrogens with zero attached hydrogens (tertiary/aromatic N) is 4. The van der Waals surface area contributed by atoms with Crippen LogP contribution in [0.1, 0.15) is 199 Å². The number of unbranched alkanes of at least 4 members (excludes halogenated alkanes) is 26. The number of fused-ring (bicyclic) bond motifs is 2. The van der Waals surface area contributed by atoms with Crippen LogP contribution in [0.2, 0.25) is 0 Å². The second kappa shape index (κ2) is 28.7. The Labute approximate surface area is 372 Å². The predicted molar refractivity (Wildman–Crippen MR) is 242 cm³/mol. The topological polar surface area (TPSA) is 204 Å². The Kier molecular flexibility index (Phi) is 24.3. The zero-order valence-corrected chi connectivity index (χ0v) is 39.2. The standard InChI is InChI=1S/C47H82N5O9P/c1-3-5-7-9-11-13-15-17-19-21-23-25-27-29-33-57-35-39(58-34-30-28-26-24-22-20-18-16-14-12-10-8-6-4-2)36-59-62(55,56)61-43-42-47(43,54)45(53)46(37-48,60-42)41-32-31-40-44(49)50-38-51-52(40)41/h31-32,38-39,42-43,45,53-54H,3-30,33-36H2,1-2H3,(H,55,56)(H2,49,50,51)/t39-,42-,43?,45+,46+,47+/m1/s1. The van der Waals surface area contributed by atoms with Gasteiger partial charge in [-0.3, -0.25) is 9.05 Å². The third-order valence-electron chi connectivity index (χ3n) is 12.7. The van der Waals surface area contributed by atoms with E-state index < -0.39 is 43.4 Å². The monoisotopic (exact) mass is 892 g/mol. The smallest absolute Gasteiger partial charge is 0.385 e. The van der Waals surface area contributed by atoms with Crippen molar-refractivity contribution in [3.63, 3.8) is 0 Å². The van der Waals surface area contributed by atoms with Crippen molar-refractivity contribution in [3.05, 3.63) is 24.2 Å². The van der Waals surface area contributed by atoms with Gasteiger partial charge in [-0.25, -0.2) is 14.1 Å². The molecule has 2 unspecified atom stereocenters. The molecule has 5 N–H and O–H groups in total. The van der Waals surface area contributed by atoms with Gasteiger partial charge in [-0.05, 0) is 25.0 Å². The van der Waals surface area contributed by atoms with Crippen molar-refractivity contribution in [2.45, 2.75) is 229 Å². The van der Waals surface area contributed by atoms with Crippen LogP contribution in [0.4, 0.5) is 5.82 Å². The Balaban J connectivity index is 1.15. The summed E-state index contributed by atoms with van der Waals surface area (Å²) >= 11 is 0. The number of rotatable bonds is 39. The van der Waals surface area contributed by atoms with Gasteiger partial charge < -0.3 is 35.1 Å². The number of hydrogen-bond acceptors (Lipinski definition) is 12. The van der Waals surface area contributed by atoms with Gasteiger partial charge in [0.2, 0.25) is 5.60 Å². The number of anilines is 1. The Bertz CT molecular complexity index is 1610. The lowest BCUT2D eigenvalue weighted by Crippen LogP contribution is -2.47. The van der Waals surface area contributed by atoms with E-state index in [1.165, 1.54) is 165 Å². The molecule has 0 amide bonds. The van der Waals surface area contributed by atoms with Gasteiger partial charge in [-0.2, -0.15) is 10.4 Å². The van der Waals surface area contributed by atoms with Crippen molar-refractivity contribution in [1.82, 2.24) is 14.6 Å². The van der Waals surface area contributed by atoms with E-state index in [1.54, 1.807) is 6.07 Å². The number of nitrogens with two attached hydrogens (primary N) is 1. The minimum atomic E-state index is -4.78. The second-order valence-electron chi connectivity index (χ2n) is 17.9. The minimum absolute atomic E-state index is 0.118. The number of aliphatic hydroxyl groups excluding tert-OH is 1.